The van der Waals surface area contributed by atoms with Crippen molar-refractivity contribution in [3.05, 3.63) is 214 Å². The summed E-state index contributed by atoms with van der Waals surface area (Å²) >= 11 is 0. The molecule has 0 atom stereocenters. The van der Waals surface area contributed by atoms with Gasteiger partial charge in [-0.2, -0.15) is 0 Å². The normalized spacial score (nSPS) is 11.2. The summed E-state index contributed by atoms with van der Waals surface area (Å²) in [7, 11) is 0. The number of aromatic nitrogens is 6. The second kappa shape index (κ2) is 19.7. The zero-order valence-corrected chi connectivity index (χ0v) is 37.3. The van der Waals surface area contributed by atoms with Crippen LogP contribution >= 0.6 is 0 Å². The molecule has 0 aliphatic rings. The number of benzene rings is 4. The van der Waals surface area contributed by atoms with Crippen LogP contribution in [-0.4, -0.2) is 40.7 Å². The summed E-state index contributed by atoms with van der Waals surface area (Å²) in [6.07, 6.45) is 5.50. The monoisotopic (exact) mass is 932 g/mol. The van der Waals surface area contributed by atoms with E-state index in [0.29, 0.717) is 57.0 Å². The van der Waals surface area contributed by atoms with Gasteiger partial charge in [0, 0.05) is 50.2 Å². The third-order valence-electron chi connectivity index (χ3n) is 10.8. The molecule has 346 valence electrons. The summed E-state index contributed by atoms with van der Waals surface area (Å²) in [5, 5.41) is 0. The summed E-state index contributed by atoms with van der Waals surface area (Å²) in [5.41, 5.74) is 5.52. The zero-order valence-electron chi connectivity index (χ0n) is 37.3. The summed E-state index contributed by atoms with van der Waals surface area (Å²) in [4.78, 5) is 42.8. The third-order valence-corrected chi connectivity index (χ3v) is 10.8. The van der Waals surface area contributed by atoms with Gasteiger partial charge in [0.1, 0.15) is 51.9 Å². The van der Waals surface area contributed by atoms with E-state index in [-0.39, 0.29) is 48.6 Å². The number of halogens is 4. The van der Waals surface area contributed by atoms with Crippen molar-refractivity contribution in [3.63, 3.8) is 0 Å². The number of carbonyl (C=O) groups excluding carboxylic acids is 2. The standard InChI is InChI=1S/C27H21F2N3O3.C26H19F2N3O3/c1-16-8-10-21(34-16)14-24-27(35-17(2)33)32-15-25(18-6-4-3-5-7-18)30-23(26(32)31-24)13-19-12-20(28)9-11-22(19)29;1-16(32)34-26-23(14-20-8-5-11-33-20)30-25-22(13-18-12-19(27)9-10-21(18)28)29-24(15-31(25)26)17-6-3-2-4-7-17/h3-12,15H,13-14H2,1-2H3;2-12,15H,13-14H2,1H3. The minimum Gasteiger partial charge on any atom is -0.469 e. The van der Waals surface area contributed by atoms with E-state index in [1.165, 1.54) is 13.8 Å². The predicted octanol–water partition coefficient (Wildman–Crippen LogP) is 11.1. The molecule has 6 aromatic heterocycles. The molecule has 10 rings (SSSR count). The number of hydrogen-bond acceptors (Lipinski definition) is 10. The van der Waals surface area contributed by atoms with Gasteiger partial charge in [-0.25, -0.2) is 37.5 Å². The molecule has 0 amide bonds. The van der Waals surface area contributed by atoms with E-state index in [1.807, 2.05) is 79.7 Å². The number of hydrogen-bond donors (Lipinski definition) is 0. The Balaban J connectivity index is 0.000000172. The molecule has 0 N–H and O–H groups in total. The molecular formula is C53H40F4N6O6. The maximum absolute atomic E-state index is 14.5. The van der Waals surface area contributed by atoms with Crippen molar-refractivity contribution in [3.8, 4) is 34.3 Å². The Bertz CT molecular complexity index is 3480. The highest BCUT2D eigenvalue weighted by Gasteiger charge is 2.24. The van der Waals surface area contributed by atoms with Gasteiger partial charge >= 0.3 is 11.9 Å². The van der Waals surface area contributed by atoms with Crippen LogP contribution in [0.15, 0.2) is 149 Å². The van der Waals surface area contributed by atoms with E-state index >= 15 is 0 Å². The van der Waals surface area contributed by atoms with Crippen LogP contribution in [0.3, 0.4) is 0 Å². The van der Waals surface area contributed by atoms with E-state index in [0.717, 1.165) is 53.3 Å². The first-order valence-electron chi connectivity index (χ1n) is 21.6. The molecule has 4 aromatic carbocycles. The van der Waals surface area contributed by atoms with E-state index in [9.17, 15) is 27.2 Å². The van der Waals surface area contributed by atoms with Crippen molar-refractivity contribution in [1.82, 2.24) is 28.7 Å². The van der Waals surface area contributed by atoms with Crippen molar-refractivity contribution in [1.29, 1.82) is 0 Å². The van der Waals surface area contributed by atoms with Crippen molar-refractivity contribution in [2.45, 2.75) is 46.5 Å². The van der Waals surface area contributed by atoms with E-state index in [4.69, 9.17) is 33.3 Å². The number of nitrogens with zero attached hydrogens (tertiary/aromatic N) is 6. The largest absolute Gasteiger partial charge is 0.469 e. The number of aryl methyl sites for hydroxylation is 1. The quantitative estimate of drug-likeness (QED) is 0.0859. The number of rotatable bonds is 12. The molecular weight excluding hydrogens is 893 g/mol. The molecule has 0 radical (unpaired) electrons. The van der Waals surface area contributed by atoms with Gasteiger partial charge in [0.25, 0.3) is 0 Å². The number of furan rings is 2. The highest BCUT2D eigenvalue weighted by atomic mass is 19.1. The summed E-state index contributed by atoms with van der Waals surface area (Å²) < 4.78 is 82.3. The van der Waals surface area contributed by atoms with Gasteiger partial charge in [-0.15, -0.1) is 0 Å². The maximum atomic E-state index is 14.5. The van der Waals surface area contributed by atoms with Crippen LogP contribution in [0.25, 0.3) is 33.8 Å². The summed E-state index contributed by atoms with van der Waals surface area (Å²) in [5.74, 6) is -0.751. The maximum Gasteiger partial charge on any atom is 0.309 e. The van der Waals surface area contributed by atoms with Gasteiger partial charge in [-0.1, -0.05) is 60.7 Å². The van der Waals surface area contributed by atoms with E-state index < -0.39 is 35.2 Å². The van der Waals surface area contributed by atoms with Crippen LogP contribution in [0.2, 0.25) is 0 Å². The number of esters is 2. The fourth-order valence-corrected chi connectivity index (χ4v) is 7.76. The van der Waals surface area contributed by atoms with Crippen LogP contribution in [-0.2, 0) is 35.3 Å². The lowest BCUT2D eigenvalue weighted by atomic mass is 10.1. The Morgan fingerprint density at radius 2 is 1.01 bits per heavy atom. The van der Waals surface area contributed by atoms with Crippen molar-refractivity contribution < 1.29 is 45.5 Å². The molecule has 0 aliphatic heterocycles. The van der Waals surface area contributed by atoms with Crippen LogP contribution in [0.5, 0.6) is 11.8 Å². The predicted molar refractivity (Wildman–Crippen MR) is 246 cm³/mol. The van der Waals surface area contributed by atoms with Crippen LogP contribution in [0.4, 0.5) is 17.6 Å². The highest BCUT2D eigenvalue weighted by Crippen LogP contribution is 2.32. The fraction of sp³-hybridized carbons (Fsp3) is 0.132. The first-order valence-corrected chi connectivity index (χ1v) is 21.6. The van der Waals surface area contributed by atoms with E-state index in [2.05, 4.69) is 4.98 Å². The molecule has 10 aromatic rings. The molecule has 0 aliphatic carbocycles. The minimum atomic E-state index is -0.547. The summed E-state index contributed by atoms with van der Waals surface area (Å²) in [6, 6.07) is 32.6. The molecule has 0 saturated heterocycles. The Morgan fingerprint density at radius 1 is 0.536 bits per heavy atom. The van der Waals surface area contributed by atoms with Gasteiger partial charge in [-0.3, -0.25) is 18.4 Å². The van der Waals surface area contributed by atoms with Crippen LogP contribution in [0, 0.1) is 30.2 Å². The molecule has 69 heavy (non-hydrogen) atoms. The molecule has 6 heterocycles. The Labute approximate surface area is 391 Å². The average molecular weight is 933 g/mol. The van der Waals surface area contributed by atoms with Crippen molar-refractivity contribution >= 4 is 23.2 Å². The van der Waals surface area contributed by atoms with E-state index in [1.54, 1.807) is 39.6 Å². The number of ether oxygens (including phenoxy) is 2. The molecule has 16 heteroatoms. The minimum absolute atomic E-state index is 0.00944. The number of imidazole rings is 2. The van der Waals surface area contributed by atoms with Crippen LogP contribution in [0.1, 0.15) is 65.0 Å². The fourth-order valence-electron chi connectivity index (χ4n) is 7.76. The first-order chi connectivity index (χ1) is 33.3. The van der Waals surface area contributed by atoms with Gasteiger partial charge in [-0.05, 0) is 78.7 Å². The molecule has 12 nitrogen and oxygen atoms in total. The Morgan fingerprint density at radius 3 is 1.43 bits per heavy atom. The van der Waals surface area contributed by atoms with Crippen LogP contribution < -0.4 is 9.47 Å². The lowest BCUT2D eigenvalue weighted by molar-refractivity contribution is -0.133. The average Bonchev–Trinajstić information content (AvgIpc) is 4.15. The first kappa shape index (κ1) is 45.5. The van der Waals surface area contributed by atoms with Crippen molar-refractivity contribution in [2.24, 2.45) is 0 Å². The molecule has 0 fully saturated rings. The molecule has 0 saturated carbocycles. The van der Waals surface area contributed by atoms with Gasteiger partial charge in [0.15, 0.2) is 11.3 Å². The SMILES string of the molecule is CC(=O)Oc1c(Cc2ccc(C)o2)nc2c(Cc3cc(F)ccc3F)nc(-c3ccccc3)cn12.CC(=O)Oc1c(Cc2ccco2)nc2c(Cc3cc(F)ccc3F)nc(-c3ccccc3)cn12. The Hall–Kier alpha value is -8.66. The topological polar surface area (TPSA) is 139 Å². The lowest BCUT2D eigenvalue weighted by Crippen LogP contribution is -2.07. The second-order valence-electron chi connectivity index (χ2n) is 15.9. The summed E-state index contributed by atoms with van der Waals surface area (Å²) in [6.45, 7) is 4.45. The smallest absolute Gasteiger partial charge is 0.309 e. The third kappa shape index (κ3) is 10.3. The van der Waals surface area contributed by atoms with Gasteiger partial charge in [0.05, 0.1) is 41.9 Å². The second-order valence-corrected chi connectivity index (χ2v) is 15.9. The zero-order chi connectivity index (χ0) is 48.2. The lowest BCUT2D eigenvalue weighted by Gasteiger charge is -2.10. The molecule has 0 unspecified atom stereocenters. The van der Waals surface area contributed by atoms with Crippen molar-refractivity contribution in [2.75, 3.05) is 0 Å². The van der Waals surface area contributed by atoms with Gasteiger partial charge in [0.2, 0.25) is 11.8 Å². The number of fused-ring (bicyclic) bond motifs is 2. The molecule has 0 spiro atoms. The number of carbonyl (C=O) groups is 2. The highest BCUT2D eigenvalue weighted by molar-refractivity contribution is 5.72. The Kier molecular flexibility index (Phi) is 13.0. The van der Waals surface area contributed by atoms with Gasteiger partial charge < -0.3 is 18.3 Å². The molecule has 0 bridgehead atoms.